The van der Waals surface area contributed by atoms with Crippen molar-refractivity contribution in [3.05, 3.63) is 36.1 Å². The molecule has 1 aliphatic heterocycles. The third-order valence-electron chi connectivity index (χ3n) is 2.09. The van der Waals surface area contributed by atoms with Crippen molar-refractivity contribution >= 4 is 0 Å². The van der Waals surface area contributed by atoms with Gasteiger partial charge in [0.2, 0.25) is 0 Å². The molecule has 1 aliphatic rings. The minimum Gasteiger partial charge on any atom is -0.385 e. The topological polar surface area (TPSA) is 12.0 Å². The van der Waals surface area contributed by atoms with Crippen LogP contribution in [0.2, 0.25) is 0 Å². The molecule has 1 N–H and O–H groups in total. The molecule has 0 radical (unpaired) electrons. The molecule has 1 nitrogen and oxygen atoms in total. The Labute approximate surface area is 74.9 Å². The minimum absolute atomic E-state index is 1.08. The Kier molecular flexibility index (Phi) is 3.65. The smallest absolute Gasteiger partial charge is 0.0299 e. The van der Waals surface area contributed by atoms with E-state index in [0.717, 1.165) is 18.7 Å². The van der Waals surface area contributed by atoms with Crippen molar-refractivity contribution in [2.75, 3.05) is 6.54 Å². The molecule has 12 heavy (non-hydrogen) atoms. The van der Waals surface area contributed by atoms with E-state index in [1.54, 1.807) is 0 Å². The van der Waals surface area contributed by atoms with Crippen molar-refractivity contribution in [2.45, 2.75) is 26.2 Å². The number of rotatable bonds is 1. The first kappa shape index (κ1) is 9.11. The van der Waals surface area contributed by atoms with E-state index in [-0.39, 0.29) is 0 Å². The molecule has 0 spiro atoms. The lowest BCUT2D eigenvalue weighted by molar-refractivity contribution is 0.732. The van der Waals surface area contributed by atoms with Crippen molar-refractivity contribution in [1.29, 1.82) is 0 Å². The Hall–Kier alpha value is -0.980. The maximum atomic E-state index is 4.00. The van der Waals surface area contributed by atoms with Crippen molar-refractivity contribution in [1.82, 2.24) is 5.32 Å². The second-order valence-electron chi connectivity index (χ2n) is 3.08. The van der Waals surface area contributed by atoms with Crippen molar-refractivity contribution in [3.8, 4) is 0 Å². The normalized spacial score (nSPS) is 22.8. The average molecular weight is 163 g/mol. The molecule has 0 atom stereocenters. The largest absolute Gasteiger partial charge is 0.385 e. The van der Waals surface area contributed by atoms with Gasteiger partial charge >= 0.3 is 0 Å². The Morgan fingerprint density at radius 2 is 2.25 bits per heavy atom. The molecule has 1 rings (SSSR count). The number of hydrogen-bond acceptors (Lipinski definition) is 1. The highest BCUT2D eigenvalue weighted by atomic mass is 14.9. The van der Waals surface area contributed by atoms with Crippen LogP contribution in [0.3, 0.4) is 0 Å². The van der Waals surface area contributed by atoms with Gasteiger partial charge < -0.3 is 5.32 Å². The highest BCUT2D eigenvalue weighted by Gasteiger charge is 2.05. The molecule has 0 unspecified atom stereocenters. The molecule has 0 saturated carbocycles. The van der Waals surface area contributed by atoms with E-state index >= 15 is 0 Å². The van der Waals surface area contributed by atoms with Crippen LogP contribution in [-0.2, 0) is 0 Å². The second kappa shape index (κ2) is 4.81. The van der Waals surface area contributed by atoms with Gasteiger partial charge in [-0.1, -0.05) is 24.8 Å². The molecule has 0 aromatic rings. The summed E-state index contributed by atoms with van der Waals surface area (Å²) in [7, 11) is 0. The highest BCUT2D eigenvalue weighted by Crippen LogP contribution is 2.17. The van der Waals surface area contributed by atoms with Gasteiger partial charge in [0, 0.05) is 12.2 Å². The van der Waals surface area contributed by atoms with E-state index in [1.165, 1.54) is 18.4 Å². The van der Waals surface area contributed by atoms with Gasteiger partial charge in [-0.3, -0.25) is 0 Å². The summed E-state index contributed by atoms with van der Waals surface area (Å²) in [6.45, 7) is 7.10. The van der Waals surface area contributed by atoms with E-state index < -0.39 is 0 Å². The fraction of sp³-hybridized carbons (Fsp3) is 0.455. The van der Waals surface area contributed by atoms with Crippen molar-refractivity contribution in [3.63, 3.8) is 0 Å². The molecular formula is C11H17N. The fourth-order valence-electron chi connectivity index (χ4n) is 1.34. The Bertz CT molecular complexity index is 211. The van der Waals surface area contributed by atoms with Gasteiger partial charge in [-0.25, -0.2) is 0 Å². The first-order valence-electron chi connectivity index (χ1n) is 4.59. The van der Waals surface area contributed by atoms with E-state index in [2.05, 4.69) is 24.0 Å². The number of hydrogen-bond donors (Lipinski definition) is 1. The van der Waals surface area contributed by atoms with Crippen LogP contribution in [0.5, 0.6) is 0 Å². The van der Waals surface area contributed by atoms with Crippen LogP contribution in [0.15, 0.2) is 36.1 Å². The molecular weight excluding hydrogens is 146 g/mol. The quantitative estimate of drug-likeness (QED) is 0.626. The summed E-state index contributed by atoms with van der Waals surface area (Å²) >= 11 is 0. The summed E-state index contributed by atoms with van der Waals surface area (Å²) < 4.78 is 0. The van der Waals surface area contributed by atoms with Crippen LogP contribution < -0.4 is 5.32 Å². The molecule has 0 aromatic carbocycles. The molecule has 1 heterocycles. The van der Waals surface area contributed by atoms with Crippen molar-refractivity contribution in [2.24, 2.45) is 0 Å². The average Bonchev–Trinajstić information content (AvgIpc) is 2.27. The third-order valence-corrected chi connectivity index (χ3v) is 2.09. The zero-order valence-corrected chi connectivity index (χ0v) is 7.77. The predicted octanol–water partition coefficient (Wildman–Crippen LogP) is 2.78. The first-order valence-corrected chi connectivity index (χ1v) is 4.59. The first-order chi connectivity index (χ1) is 5.84. The van der Waals surface area contributed by atoms with Crippen LogP contribution >= 0.6 is 0 Å². The van der Waals surface area contributed by atoms with Crippen LogP contribution in [0.1, 0.15) is 26.2 Å². The lowest BCUT2D eigenvalue weighted by atomic mass is 10.1. The van der Waals surface area contributed by atoms with Crippen LogP contribution in [0.25, 0.3) is 0 Å². The van der Waals surface area contributed by atoms with E-state index in [1.807, 2.05) is 13.0 Å². The number of nitrogens with one attached hydrogen (secondary N) is 1. The summed E-state index contributed by atoms with van der Waals surface area (Å²) in [4.78, 5) is 0. The van der Waals surface area contributed by atoms with Gasteiger partial charge in [-0.05, 0) is 31.8 Å². The van der Waals surface area contributed by atoms with E-state index in [9.17, 15) is 0 Å². The molecule has 0 aliphatic carbocycles. The molecule has 0 bridgehead atoms. The second-order valence-corrected chi connectivity index (χ2v) is 3.08. The fourth-order valence-corrected chi connectivity index (χ4v) is 1.34. The Morgan fingerprint density at radius 1 is 1.42 bits per heavy atom. The van der Waals surface area contributed by atoms with Crippen LogP contribution in [0, 0.1) is 0 Å². The zero-order chi connectivity index (χ0) is 8.81. The predicted molar refractivity (Wildman–Crippen MR) is 53.9 cm³/mol. The maximum absolute atomic E-state index is 4.00. The number of allylic oxidation sites excluding steroid dienone is 4. The van der Waals surface area contributed by atoms with Crippen LogP contribution in [-0.4, -0.2) is 6.54 Å². The van der Waals surface area contributed by atoms with Gasteiger partial charge in [0.05, 0.1) is 0 Å². The van der Waals surface area contributed by atoms with Gasteiger partial charge in [0.25, 0.3) is 0 Å². The standard InChI is InChI=1S/C11H17N/c1-3-4-7-11-8-5-6-9-12-10(11)2/h3-4,7,12H,2,5-6,8-9H2,1H3/b4-3-,11-7-. The molecule has 1 heteroatoms. The molecule has 66 valence electrons. The summed E-state index contributed by atoms with van der Waals surface area (Å²) in [6, 6.07) is 0. The van der Waals surface area contributed by atoms with Gasteiger partial charge in [-0.15, -0.1) is 0 Å². The van der Waals surface area contributed by atoms with Gasteiger partial charge in [0.15, 0.2) is 0 Å². The molecule has 0 aromatic heterocycles. The lowest BCUT2D eigenvalue weighted by Crippen LogP contribution is -2.11. The monoisotopic (exact) mass is 163 g/mol. The van der Waals surface area contributed by atoms with E-state index in [0.29, 0.717) is 0 Å². The summed E-state index contributed by atoms with van der Waals surface area (Å²) in [5, 5.41) is 3.31. The third kappa shape index (κ3) is 2.57. The summed E-state index contributed by atoms with van der Waals surface area (Å²) in [5.74, 6) is 0. The SMILES string of the molecule is C=C1NCCCC/C1=C/C=C\C. The molecule has 0 amide bonds. The summed E-state index contributed by atoms with van der Waals surface area (Å²) in [6.07, 6.45) is 9.97. The Morgan fingerprint density at radius 3 is 3.00 bits per heavy atom. The van der Waals surface area contributed by atoms with E-state index in [4.69, 9.17) is 0 Å². The maximum Gasteiger partial charge on any atom is 0.0299 e. The molecule has 1 fully saturated rings. The minimum atomic E-state index is 1.08. The van der Waals surface area contributed by atoms with Gasteiger partial charge in [0.1, 0.15) is 0 Å². The van der Waals surface area contributed by atoms with Gasteiger partial charge in [-0.2, -0.15) is 0 Å². The highest BCUT2D eigenvalue weighted by molar-refractivity contribution is 5.30. The van der Waals surface area contributed by atoms with Crippen molar-refractivity contribution < 1.29 is 0 Å². The summed E-state index contributed by atoms with van der Waals surface area (Å²) in [5.41, 5.74) is 2.45. The lowest BCUT2D eigenvalue weighted by Gasteiger charge is -2.06. The molecule has 1 saturated heterocycles. The van der Waals surface area contributed by atoms with Crippen LogP contribution in [0.4, 0.5) is 0 Å². The zero-order valence-electron chi connectivity index (χ0n) is 7.77. The Balaban J connectivity index is 2.65.